The Balaban J connectivity index is 2.07. The Hall–Kier alpha value is -2.03. The third kappa shape index (κ3) is 5.12. The summed E-state index contributed by atoms with van der Waals surface area (Å²) in [4.78, 5) is 2.19. The van der Waals surface area contributed by atoms with Crippen molar-refractivity contribution < 1.29 is 31.1 Å². The van der Waals surface area contributed by atoms with Crippen molar-refractivity contribution in [1.82, 2.24) is 0 Å². The van der Waals surface area contributed by atoms with Crippen LogP contribution in [0.4, 0.5) is 37.7 Å². The van der Waals surface area contributed by atoms with E-state index in [9.17, 15) is 26.3 Å². The molecule has 0 radical (unpaired) electrons. The fraction of sp³-hybridized carbons (Fsp3) is 0.400. The summed E-state index contributed by atoms with van der Waals surface area (Å²) in [7, 11) is 1.17. The molecule has 0 bridgehead atoms. The van der Waals surface area contributed by atoms with Gasteiger partial charge in [-0.15, -0.1) is 11.8 Å². The second kappa shape index (κ2) is 8.77. The summed E-state index contributed by atoms with van der Waals surface area (Å²) in [6, 6.07) is 7.72. The molecule has 0 saturated heterocycles. The van der Waals surface area contributed by atoms with E-state index in [0.29, 0.717) is 22.0 Å². The zero-order chi connectivity index (χ0) is 21.2. The lowest BCUT2D eigenvalue weighted by molar-refractivity contribution is -0.138. The monoisotopic (exact) mass is 435 g/mol. The normalized spacial score (nSPS) is 17.2. The van der Waals surface area contributed by atoms with Crippen LogP contribution in [-0.2, 0) is 6.18 Å². The van der Waals surface area contributed by atoms with Crippen LogP contribution in [0, 0.1) is 11.7 Å². The number of anilines is 2. The molecule has 29 heavy (non-hydrogen) atoms. The van der Waals surface area contributed by atoms with Gasteiger partial charge >= 0.3 is 6.18 Å². The highest BCUT2D eigenvalue weighted by Gasteiger charge is 2.37. The number of methoxy groups -OCH3 is 1. The van der Waals surface area contributed by atoms with Crippen LogP contribution in [-0.4, -0.2) is 25.8 Å². The lowest BCUT2D eigenvalue weighted by Crippen LogP contribution is -2.26. The lowest BCUT2D eigenvalue weighted by Gasteiger charge is -2.28. The Morgan fingerprint density at radius 3 is 2.45 bits per heavy atom. The number of nitrogens with zero attached hydrogens (tertiary/aromatic N) is 1. The molecule has 0 spiro atoms. The Morgan fingerprint density at radius 2 is 1.86 bits per heavy atom. The Labute approximate surface area is 168 Å². The van der Waals surface area contributed by atoms with E-state index in [4.69, 9.17) is 4.74 Å². The third-order valence-electron chi connectivity index (χ3n) is 4.72. The van der Waals surface area contributed by atoms with E-state index in [2.05, 4.69) is 0 Å². The quantitative estimate of drug-likeness (QED) is 0.482. The molecule has 1 heterocycles. The zero-order valence-corrected chi connectivity index (χ0v) is 16.3. The van der Waals surface area contributed by atoms with E-state index in [1.807, 2.05) is 0 Å². The molecule has 9 heteroatoms. The molecule has 1 atom stereocenters. The molecule has 0 amide bonds. The van der Waals surface area contributed by atoms with Crippen molar-refractivity contribution >= 4 is 23.1 Å². The Bertz CT molecular complexity index is 840. The smallest absolute Gasteiger partial charge is 0.420 e. The molecule has 2 nitrogen and oxygen atoms in total. The molecular weight excluding hydrogens is 416 g/mol. The van der Waals surface area contributed by atoms with Crippen LogP contribution in [0.3, 0.4) is 0 Å². The maximum absolute atomic E-state index is 13.5. The Kier molecular flexibility index (Phi) is 6.55. The molecule has 0 fully saturated rings. The second-order valence-corrected chi connectivity index (χ2v) is 7.81. The number of benzene rings is 2. The van der Waals surface area contributed by atoms with Crippen LogP contribution in [0.15, 0.2) is 41.3 Å². The number of alkyl halides is 5. The van der Waals surface area contributed by atoms with Crippen LogP contribution in [0.1, 0.15) is 18.4 Å². The fourth-order valence-corrected chi connectivity index (χ4v) is 4.48. The van der Waals surface area contributed by atoms with Crippen LogP contribution in [0.25, 0.3) is 0 Å². The maximum atomic E-state index is 13.5. The molecule has 1 aliphatic heterocycles. The summed E-state index contributed by atoms with van der Waals surface area (Å²) >= 11 is 1.31. The predicted octanol–water partition coefficient (Wildman–Crippen LogP) is 6.76. The largest absolute Gasteiger partial charge is 0.496 e. The standard InChI is InChI=1S/C20H19F6NOS/c1-28-17-9-18-16(8-15(17)20(24,25)26)27(14-5-3-13(21)4-6-14)10-12(11-29-18)2-7-19(22)23/h3-6,8-9,12,19H,2,7,10-11H2,1H3. The molecular formula is C20H19F6NOS. The van der Waals surface area contributed by atoms with Gasteiger partial charge in [0.05, 0.1) is 18.4 Å². The van der Waals surface area contributed by atoms with Crippen molar-refractivity contribution in [2.24, 2.45) is 5.92 Å². The first kappa shape index (κ1) is 21.7. The highest BCUT2D eigenvalue weighted by atomic mass is 32.2. The minimum atomic E-state index is -4.62. The van der Waals surface area contributed by atoms with Crippen LogP contribution in [0.2, 0.25) is 0 Å². The number of hydrogen-bond acceptors (Lipinski definition) is 3. The van der Waals surface area contributed by atoms with Gasteiger partial charge in [0.1, 0.15) is 11.6 Å². The number of rotatable bonds is 5. The van der Waals surface area contributed by atoms with Crippen LogP contribution in [0.5, 0.6) is 5.75 Å². The van der Waals surface area contributed by atoms with Gasteiger partial charge in [0.15, 0.2) is 0 Å². The van der Waals surface area contributed by atoms with Gasteiger partial charge in [0.25, 0.3) is 0 Å². The van der Waals surface area contributed by atoms with Crippen LogP contribution >= 0.6 is 11.8 Å². The second-order valence-electron chi connectivity index (χ2n) is 6.75. The average Bonchev–Trinajstić information content (AvgIpc) is 2.84. The molecule has 3 rings (SSSR count). The SMILES string of the molecule is COc1cc2c(cc1C(F)(F)F)N(c1ccc(F)cc1)CC(CCC(F)F)CS2. The number of fused-ring (bicyclic) bond motifs is 1. The van der Waals surface area contributed by atoms with Gasteiger partial charge < -0.3 is 9.64 Å². The first-order valence-electron chi connectivity index (χ1n) is 8.92. The zero-order valence-electron chi connectivity index (χ0n) is 15.5. The molecule has 1 aliphatic rings. The third-order valence-corrected chi connectivity index (χ3v) is 6.00. The maximum Gasteiger partial charge on any atom is 0.420 e. The van der Waals surface area contributed by atoms with Crippen molar-refractivity contribution in [1.29, 1.82) is 0 Å². The summed E-state index contributed by atoms with van der Waals surface area (Å²) in [5.74, 6) is -0.467. The van der Waals surface area contributed by atoms with Gasteiger partial charge in [-0.25, -0.2) is 13.2 Å². The number of ether oxygens (including phenoxy) is 1. The summed E-state index contributed by atoms with van der Waals surface area (Å²) in [5.41, 5.74) is -0.123. The van der Waals surface area contributed by atoms with Gasteiger partial charge in [0, 0.05) is 29.3 Å². The predicted molar refractivity (Wildman–Crippen MR) is 101 cm³/mol. The number of halogens is 6. The van der Waals surface area contributed by atoms with Crippen molar-refractivity contribution in [3.05, 3.63) is 47.8 Å². The van der Waals surface area contributed by atoms with Crippen molar-refractivity contribution in [3.63, 3.8) is 0 Å². The first-order chi connectivity index (χ1) is 13.7. The van der Waals surface area contributed by atoms with Crippen molar-refractivity contribution in [2.75, 3.05) is 24.3 Å². The molecule has 0 N–H and O–H groups in total. The average molecular weight is 435 g/mol. The minimum Gasteiger partial charge on any atom is -0.496 e. The van der Waals surface area contributed by atoms with Gasteiger partial charge in [-0.05, 0) is 48.7 Å². The first-order valence-corrected chi connectivity index (χ1v) is 9.91. The van der Waals surface area contributed by atoms with Gasteiger partial charge in [0.2, 0.25) is 6.43 Å². The lowest BCUT2D eigenvalue weighted by atomic mass is 10.0. The van der Waals surface area contributed by atoms with Crippen LogP contribution < -0.4 is 9.64 Å². The topological polar surface area (TPSA) is 12.5 Å². The molecule has 158 valence electrons. The van der Waals surface area contributed by atoms with Gasteiger partial charge in [-0.2, -0.15) is 13.2 Å². The summed E-state index contributed by atoms with van der Waals surface area (Å²) in [6.07, 6.45) is -7.11. The van der Waals surface area contributed by atoms with E-state index >= 15 is 0 Å². The fourth-order valence-electron chi connectivity index (χ4n) is 3.29. The minimum absolute atomic E-state index is 0.174. The van der Waals surface area contributed by atoms with E-state index in [1.165, 1.54) is 49.2 Å². The molecule has 2 aromatic carbocycles. The van der Waals surface area contributed by atoms with E-state index < -0.39 is 24.0 Å². The number of thioether (sulfide) groups is 1. The molecule has 0 aliphatic carbocycles. The summed E-state index contributed by atoms with van der Waals surface area (Å²) in [5, 5.41) is 0. The summed E-state index contributed by atoms with van der Waals surface area (Å²) in [6.45, 7) is 0.252. The highest BCUT2D eigenvalue weighted by Crippen LogP contribution is 2.47. The molecule has 2 aromatic rings. The number of hydrogen-bond donors (Lipinski definition) is 0. The van der Waals surface area contributed by atoms with Crippen molar-refractivity contribution in [2.45, 2.75) is 30.3 Å². The van der Waals surface area contributed by atoms with E-state index in [0.717, 1.165) is 6.07 Å². The van der Waals surface area contributed by atoms with E-state index in [-0.39, 0.29) is 31.1 Å². The molecule has 0 saturated carbocycles. The van der Waals surface area contributed by atoms with E-state index in [1.54, 1.807) is 4.90 Å². The highest BCUT2D eigenvalue weighted by molar-refractivity contribution is 7.99. The molecule has 0 aromatic heterocycles. The van der Waals surface area contributed by atoms with Gasteiger partial charge in [-0.1, -0.05) is 0 Å². The van der Waals surface area contributed by atoms with Crippen molar-refractivity contribution in [3.8, 4) is 5.75 Å². The van der Waals surface area contributed by atoms with Gasteiger partial charge in [-0.3, -0.25) is 0 Å². The summed E-state index contributed by atoms with van der Waals surface area (Å²) < 4.78 is 84.3. The molecule has 1 unspecified atom stereocenters. The Morgan fingerprint density at radius 1 is 1.17 bits per heavy atom.